The third-order valence-electron chi connectivity index (χ3n) is 3.22. The number of nitrogens with one attached hydrogen (secondary N) is 1. The molecule has 4 heteroatoms. The van der Waals surface area contributed by atoms with Crippen molar-refractivity contribution in [2.24, 2.45) is 0 Å². The Morgan fingerprint density at radius 1 is 1.26 bits per heavy atom. The van der Waals surface area contributed by atoms with Gasteiger partial charge in [0.2, 0.25) is 0 Å². The molecule has 0 bridgehead atoms. The fourth-order valence-corrected chi connectivity index (χ4v) is 2.07. The second kappa shape index (κ2) is 6.27. The molecule has 1 aromatic carbocycles. The fraction of sp³-hybridized carbons (Fsp3) is 0.400. The van der Waals surface area contributed by atoms with Gasteiger partial charge in [-0.1, -0.05) is 19.1 Å². The van der Waals surface area contributed by atoms with Gasteiger partial charge in [0, 0.05) is 12.7 Å². The number of aromatic nitrogens is 2. The van der Waals surface area contributed by atoms with Crippen LogP contribution in [-0.4, -0.2) is 16.9 Å². The quantitative estimate of drug-likeness (QED) is 0.863. The van der Waals surface area contributed by atoms with Crippen LogP contribution in [0.1, 0.15) is 31.9 Å². The number of hydrogen-bond acceptors (Lipinski definition) is 3. The van der Waals surface area contributed by atoms with Crippen molar-refractivity contribution in [2.75, 3.05) is 12.4 Å². The lowest BCUT2D eigenvalue weighted by molar-refractivity contribution is 0.414. The number of rotatable bonds is 6. The molecule has 1 unspecified atom stereocenters. The highest BCUT2D eigenvalue weighted by Crippen LogP contribution is 2.24. The van der Waals surface area contributed by atoms with E-state index >= 15 is 0 Å². The molecule has 0 saturated heterocycles. The molecule has 0 radical (unpaired) electrons. The van der Waals surface area contributed by atoms with Crippen LogP contribution in [0.25, 0.3) is 0 Å². The van der Waals surface area contributed by atoms with Crippen LogP contribution in [0.5, 0.6) is 5.75 Å². The van der Waals surface area contributed by atoms with Crippen molar-refractivity contribution in [1.82, 2.24) is 9.78 Å². The molecular weight excluding hydrogens is 238 g/mol. The Morgan fingerprint density at radius 3 is 2.53 bits per heavy atom. The summed E-state index contributed by atoms with van der Waals surface area (Å²) in [5.74, 6) is 0.886. The Morgan fingerprint density at radius 2 is 2.00 bits per heavy atom. The van der Waals surface area contributed by atoms with Crippen LogP contribution in [-0.2, 0) is 6.54 Å². The average Bonchev–Trinajstić information content (AvgIpc) is 2.92. The van der Waals surface area contributed by atoms with E-state index in [9.17, 15) is 0 Å². The van der Waals surface area contributed by atoms with Gasteiger partial charge >= 0.3 is 0 Å². The fourth-order valence-electron chi connectivity index (χ4n) is 2.07. The molecule has 102 valence electrons. The van der Waals surface area contributed by atoms with E-state index < -0.39 is 0 Å². The molecule has 0 aliphatic heterocycles. The van der Waals surface area contributed by atoms with E-state index in [2.05, 4.69) is 36.4 Å². The van der Waals surface area contributed by atoms with Gasteiger partial charge in [-0.15, -0.1) is 0 Å². The Kier molecular flexibility index (Phi) is 4.44. The van der Waals surface area contributed by atoms with Crippen LogP contribution in [0, 0.1) is 0 Å². The van der Waals surface area contributed by atoms with E-state index in [-0.39, 0.29) is 0 Å². The monoisotopic (exact) mass is 259 g/mol. The number of ether oxygens (including phenoxy) is 1. The van der Waals surface area contributed by atoms with Gasteiger partial charge < -0.3 is 10.1 Å². The van der Waals surface area contributed by atoms with E-state index in [0.29, 0.717) is 6.04 Å². The molecule has 4 nitrogen and oxygen atoms in total. The summed E-state index contributed by atoms with van der Waals surface area (Å²) in [7, 11) is 1.68. The van der Waals surface area contributed by atoms with E-state index in [0.717, 1.165) is 24.4 Å². The highest BCUT2D eigenvalue weighted by Gasteiger charge is 2.10. The topological polar surface area (TPSA) is 39.1 Å². The number of hydrogen-bond donors (Lipinski definition) is 1. The molecule has 0 spiro atoms. The highest BCUT2D eigenvalue weighted by molar-refractivity contribution is 5.42. The molecule has 0 amide bonds. The Hall–Kier alpha value is -1.97. The second-order valence-electron chi connectivity index (χ2n) is 4.46. The SMILES string of the molecule is CCC(Nc1cnn(CC)c1)c1ccc(OC)cc1. The van der Waals surface area contributed by atoms with Crippen molar-refractivity contribution in [2.45, 2.75) is 32.9 Å². The number of benzene rings is 1. The van der Waals surface area contributed by atoms with Crippen molar-refractivity contribution in [1.29, 1.82) is 0 Å². The lowest BCUT2D eigenvalue weighted by Gasteiger charge is -2.17. The molecular formula is C15H21N3O. The normalized spacial score (nSPS) is 12.2. The third kappa shape index (κ3) is 3.28. The summed E-state index contributed by atoms with van der Waals surface area (Å²) < 4.78 is 7.10. The van der Waals surface area contributed by atoms with Gasteiger partial charge in [-0.2, -0.15) is 5.10 Å². The minimum atomic E-state index is 0.292. The summed E-state index contributed by atoms with van der Waals surface area (Å²) in [4.78, 5) is 0. The summed E-state index contributed by atoms with van der Waals surface area (Å²) in [6.07, 6.45) is 4.92. The summed E-state index contributed by atoms with van der Waals surface area (Å²) in [6, 6.07) is 8.49. The Labute approximate surface area is 114 Å². The van der Waals surface area contributed by atoms with Crippen molar-refractivity contribution < 1.29 is 4.74 Å². The maximum Gasteiger partial charge on any atom is 0.118 e. The molecule has 1 aromatic heterocycles. The van der Waals surface area contributed by atoms with Gasteiger partial charge in [-0.05, 0) is 31.0 Å². The first-order chi connectivity index (χ1) is 9.26. The van der Waals surface area contributed by atoms with Gasteiger partial charge in [0.25, 0.3) is 0 Å². The van der Waals surface area contributed by atoms with Gasteiger partial charge in [-0.25, -0.2) is 0 Å². The van der Waals surface area contributed by atoms with E-state index in [1.807, 2.05) is 29.2 Å². The smallest absolute Gasteiger partial charge is 0.118 e. The van der Waals surface area contributed by atoms with Crippen molar-refractivity contribution in [3.63, 3.8) is 0 Å². The molecule has 19 heavy (non-hydrogen) atoms. The second-order valence-corrected chi connectivity index (χ2v) is 4.46. The zero-order valence-corrected chi connectivity index (χ0v) is 11.8. The Bertz CT molecular complexity index is 504. The van der Waals surface area contributed by atoms with Crippen LogP contribution in [0.15, 0.2) is 36.7 Å². The van der Waals surface area contributed by atoms with Crippen LogP contribution in [0.2, 0.25) is 0 Å². The first kappa shape index (κ1) is 13.5. The summed E-state index contributed by atoms with van der Waals surface area (Å²) >= 11 is 0. The number of aryl methyl sites for hydroxylation is 1. The zero-order chi connectivity index (χ0) is 13.7. The van der Waals surface area contributed by atoms with Crippen LogP contribution >= 0.6 is 0 Å². The molecule has 1 atom stereocenters. The first-order valence-corrected chi connectivity index (χ1v) is 6.69. The number of anilines is 1. The van der Waals surface area contributed by atoms with Gasteiger partial charge in [0.05, 0.1) is 25.0 Å². The predicted octanol–water partition coefficient (Wildman–Crippen LogP) is 3.47. The third-order valence-corrected chi connectivity index (χ3v) is 3.22. The van der Waals surface area contributed by atoms with Crippen molar-refractivity contribution >= 4 is 5.69 Å². The van der Waals surface area contributed by atoms with E-state index in [1.54, 1.807) is 7.11 Å². The minimum Gasteiger partial charge on any atom is -0.497 e. The zero-order valence-electron chi connectivity index (χ0n) is 11.8. The van der Waals surface area contributed by atoms with Crippen LogP contribution < -0.4 is 10.1 Å². The molecule has 0 fully saturated rings. The molecule has 0 aliphatic rings. The van der Waals surface area contributed by atoms with Crippen LogP contribution in [0.4, 0.5) is 5.69 Å². The molecule has 0 aliphatic carbocycles. The summed E-state index contributed by atoms with van der Waals surface area (Å²) in [6.45, 7) is 5.14. The van der Waals surface area contributed by atoms with E-state index in [1.165, 1.54) is 5.56 Å². The summed E-state index contributed by atoms with van der Waals surface area (Å²) in [5.41, 5.74) is 2.32. The van der Waals surface area contributed by atoms with Gasteiger partial charge in [-0.3, -0.25) is 4.68 Å². The van der Waals surface area contributed by atoms with E-state index in [4.69, 9.17) is 4.74 Å². The molecule has 1 heterocycles. The first-order valence-electron chi connectivity index (χ1n) is 6.69. The minimum absolute atomic E-state index is 0.292. The van der Waals surface area contributed by atoms with Crippen molar-refractivity contribution in [3.8, 4) is 5.75 Å². The molecule has 2 aromatic rings. The highest BCUT2D eigenvalue weighted by atomic mass is 16.5. The average molecular weight is 259 g/mol. The maximum absolute atomic E-state index is 5.18. The lowest BCUT2D eigenvalue weighted by Crippen LogP contribution is -2.09. The Balaban J connectivity index is 2.10. The number of nitrogens with zero attached hydrogens (tertiary/aromatic N) is 2. The predicted molar refractivity (Wildman–Crippen MR) is 77.5 cm³/mol. The largest absolute Gasteiger partial charge is 0.497 e. The lowest BCUT2D eigenvalue weighted by atomic mass is 10.0. The van der Waals surface area contributed by atoms with Crippen LogP contribution in [0.3, 0.4) is 0 Å². The van der Waals surface area contributed by atoms with Crippen molar-refractivity contribution in [3.05, 3.63) is 42.2 Å². The van der Waals surface area contributed by atoms with Gasteiger partial charge in [0.15, 0.2) is 0 Å². The summed E-state index contributed by atoms with van der Waals surface area (Å²) in [5, 5.41) is 7.79. The number of methoxy groups -OCH3 is 1. The molecule has 1 N–H and O–H groups in total. The van der Waals surface area contributed by atoms with Gasteiger partial charge in [0.1, 0.15) is 5.75 Å². The molecule has 2 rings (SSSR count). The molecule has 0 saturated carbocycles. The maximum atomic E-state index is 5.18. The standard InChI is InChI=1S/C15H21N3O/c1-4-15(12-6-8-14(19-3)9-7-12)17-13-10-16-18(5-2)11-13/h6-11,15,17H,4-5H2,1-3H3.